The number of amides is 1. The third-order valence-corrected chi connectivity index (χ3v) is 4.33. The van der Waals surface area contributed by atoms with Gasteiger partial charge >= 0.3 is 0 Å². The van der Waals surface area contributed by atoms with Crippen molar-refractivity contribution in [2.24, 2.45) is 11.7 Å². The number of hydrogen-bond acceptors (Lipinski definition) is 4. The molecule has 138 valence electrons. The van der Waals surface area contributed by atoms with E-state index >= 15 is 0 Å². The molecule has 0 spiro atoms. The van der Waals surface area contributed by atoms with Crippen molar-refractivity contribution in [1.29, 1.82) is 0 Å². The summed E-state index contributed by atoms with van der Waals surface area (Å²) in [5, 5.41) is 2.91. The number of rotatable bonds is 5. The molecule has 1 aromatic heterocycles. The number of aromatic nitrogens is 2. The fraction of sp³-hybridized carbons (Fsp3) is 0.263. The maximum Gasteiger partial charge on any atom is 0.231 e. The second-order valence-electron chi connectivity index (χ2n) is 6.09. The maximum absolute atomic E-state index is 12.5. The first-order chi connectivity index (χ1) is 12.0. The summed E-state index contributed by atoms with van der Waals surface area (Å²) in [6.45, 7) is 3.62. The molecule has 2 atom stereocenters. The number of methoxy groups -OCH3 is 1. The van der Waals surface area contributed by atoms with Crippen LogP contribution < -0.4 is 15.8 Å². The maximum atomic E-state index is 12.5. The number of nitrogens with one attached hydrogen (secondary N) is 1. The number of benzene rings is 2. The van der Waals surface area contributed by atoms with Gasteiger partial charge in [0.2, 0.25) is 11.9 Å². The average molecular weight is 375 g/mol. The van der Waals surface area contributed by atoms with Crippen LogP contribution in [0.3, 0.4) is 0 Å². The second-order valence-corrected chi connectivity index (χ2v) is 6.09. The van der Waals surface area contributed by atoms with Gasteiger partial charge in [0.1, 0.15) is 5.75 Å². The fourth-order valence-corrected chi connectivity index (χ4v) is 2.57. The Morgan fingerprint density at radius 2 is 1.81 bits per heavy atom. The van der Waals surface area contributed by atoms with Gasteiger partial charge in [-0.3, -0.25) is 14.7 Å². The van der Waals surface area contributed by atoms with E-state index in [4.69, 9.17) is 10.5 Å². The lowest BCUT2D eigenvalue weighted by atomic mass is 10.0. The summed E-state index contributed by atoms with van der Waals surface area (Å²) in [4.78, 5) is 17.0. The number of imidazole rings is 1. The summed E-state index contributed by atoms with van der Waals surface area (Å²) >= 11 is 0. The van der Waals surface area contributed by atoms with Gasteiger partial charge in [-0.2, -0.15) is 0 Å². The van der Waals surface area contributed by atoms with Gasteiger partial charge in [0.25, 0.3) is 0 Å². The van der Waals surface area contributed by atoms with E-state index in [9.17, 15) is 4.79 Å². The Morgan fingerprint density at radius 1 is 1.15 bits per heavy atom. The zero-order valence-corrected chi connectivity index (χ0v) is 15.8. The van der Waals surface area contributed by atoms with Crippen LogP contribution in [0.1, 0.15) is 13.8 Å². The van der Waals surface area contributed by atoms with Crippen LogP contribution in [0, 0.1) is 5.92 Å². The number of fused-ring (bicyclic) bond motifs is 1. The van der Waals surface area contributed by atoms with Crippen LogP contribution in [0.15, 0.2) is 48.5 Å². The minimum atomic E-state index is -0.316. The molecule has 2 aromatic carbocycles. The second kappa shape index (κ2) is 8.21. The van der Waals surface area contributed by atoms with Gasteiger partial charge in [-0.25, -0.2) is 4.98 Å². The normalized spacial score (nSPS) is 12.9. The molecule has 7 heteroatoms. The molecule has 1 amide bonds. The smallest absolute Gasteiger partial charge is 0.231 e. The highest BCUT2D eigenvalue weighted by Crippen LogP contribution is 2.26. The molecule has 3 aromatic rings. The van der Waals surface area contributed by atoms with E-state index in [0.717, 1.165) is 22.5 Å². The minimum absolute atomic E-state index is 0. The number of halogens is 1. The van der Waals surface area contributed by atoms with Crippen LogP contribution >= 0.6 is 12.4 Å². The Hall–Kier alpha value is -2.57. The first kappa shape index (κ1) is 19.8. The van der Waals surface area contributed by atoms with E-state index < -0.39 is 0 Å². The Labute approximate surface area is 158 Å². The van der Waals surface area contributed by atoms with Gasteiger partial charge in [0, 0.05) is 11.7 Å². The van der Waals surface area contributed by atoms with E-state index in [-0.39, 0.29) is 30.3 Å². The first-order valence-corrected chi connectivity index (χ1v) is 8.19. The van der Waals surface area contributed by atoms with Crippen molar-refractivity contribution in [1.82, 2.24) is 9.55 Å². The van der Waals surface area contributed by atoms with Crippen LogP contribution in [-0.2, 0) is 4.79 Å². The molecule has 3 N–H and O–H groups in total. The summed E-state index contributed by atoms with van der Waals surface area (Å²) < 4.78 is 7.14. The lowest BCUT2D eigenvalue weighted by Gasteiger charge is -2.16. The number of carbonyl (C=O) groups excluding carboxylic acids is 1. The number of carbonyl (C=O) groups is 1. The summed E-state index contributed by atoms with van der Waals surface area (Å²) in [7, 11) is 1.63. The monoisotopic (exact) mass is 374 g/mol. The number of hydrogen-bond donors (Lipinski definition) is 2. The van der Waals surface area contributed by atoms with Gasteiger partial charge < -0.3 is 10.5 Å². The van der Waals surface area contributed by atoms with Gasteiger partial charge in [-0.15, -0.1) is 12.4 Å². The van der Waals surface area contributed by atoms with E-state index in [0.29, 0.717) is 5.95 Å². The van der Waals surface area contributed by atoms with Crippen LogP contribution in [0.2, 0.25) is 0 Å². The number of nitrogens with zero attached hydrogens (tertiary/aromatic N) is 2. The van der Waals surface area contributed by atoms with Crippen LogP contribution in [-0.4, -0.2) is 28.6 Å². The van der Waals surface area contributed by atoms with Crippen molar-refractivity contribution in [2.45, 2.75) is 19.9 Å². The standard InChI is InChI=1S/C19H22N4O2.ClH/c1-12(13(2)20)18(24)22-19-21-16-6-4-5-7-17(16)23(19)14-8-10-15(25-3)11-9-14;/h4-13H,20H2,1-3H3,(H,21,22,24);1H. The zero-order valence-electron chi connectivity index (χ0n) is 15.0. The highest BCUT2D eigenvalue weighted by molar-refractivity contribution is 5.94. The highest BCUT2D eigenvalue weighted by Gasteiger charge is 2.20. The molecule has 3 rings (SSSR count). The molecular weight excluding hydrogens is 352 g/mol. The van der Waals surface area contributed by atoms with E-state index in [1.54, 1.807) is 14.0 Å². The van der Waals surface area contributed by atoms with Crippen molar-refractivity contribution in [3.05, 3.63) is 48.5 Å². The van der Waals surface area contributed by atoms with Crippen molar-refractivity contribution < 1.29 is 9.53 Å². The SMILES string of the molecule is COc1ccc(-n2c(NC(=O)C(C)C(C)N)nc3ccccc32)cc1.Cl. The molecule has 0 bridgehead atoms. The van der Waals surface area contributed by atoms with E-state index in [1.165, 1.54) is 0 Å². The van der Waals surface area contributed by atoms with Crippen molar-refractivity contribution >= 4 is 35.3 Å². The van der Waals surface area contributed by atoms with Crippen LogP contribution in [0.5, 0.6) is 5.75 Å². The van der Waals surface area contributed by atoms with E-state index in [2.05, 4.69) is 10.3 Å². The minimum Gasteiger partial charge on any atom is -0.497 e. The summed E-state index contributed by atoms with van der Waals surface area (Å²) in [6, 6.07) is 15.1. The summed E-state index contributed by atoms with van der Waals surface area (Å²) in [6.07, 6.45) is 0. The predicted molar refractivity (Wildman–Crippen MR) is 106 cm³/mol. The molecule has 1 heterocycles. The third-order valence-electron chi connectivity index (χ3n) is 4.33. The average Bonchev–Trinajstić information content (AvgIpc) is 2.98. The Balaban J connectivity index is 0.00000243. The summed E-state index contributed by atoms with van der Waals surface area (Å²) in [5.74, 6) is 0.775. The zero-order chi connectivity index (χ0) is 18.0. The molecular formula is C19H23ClN4O2. The van der Waals surface area contributed by atoms with Gasteiger partial charge in [0.05, 0.1) is 24.1 Å². The van der Waals surface area contributed by atoms with Crippen molar-refractivity contribution in [3.8, 4) is 11.4 Å². The first-order valence-electron chi connectivity index (χ1n) is 8.19. The number of para-hydroxylation sites is 2. The Kier molecular flexibility index (Phi) is 6.23. The molecule has 0 aliphatic rings. The molecule has 0 radical (unpaired) electrons. The molecule has 6 nitrogen and oxygen atoms in total. The van der Waals surface area contributed by atoms with Gasteiger partial charge in [-0.05, 0) is 43.3 Å². The molecule has 26 heavy (non-hydrogen) atoms. The Bertz CT molecular complexity index is 890. The number of nitrogens with two attached hydrogens (primary N) is 1. The topological polar surface area (TPSA) is 82.2 Å². The Morgan fingerprint density at radius 3 is 2.42 bits per heavy atom. The summed E-state index contributed by atoms with van der Waals surface area (Å²) in [5.41, 5.74) is 8.45. The van der Waals surface area contributed by atoms with Crippen molar-refractivity contribution in [2.75, 3.05) is 12.4 Å². The van der Waals surface area contributed by atoms with Crippen LogP contribution in [0.4, 0.5) is 5.95 Å². The van der Waals surface area contributed by atoms with Gasteiger partial charge in [0.15, 0.2) is 0 Å². The molecule has 0 fully saturated rings. The third kappa shape index (κ3) is 3.81. The quantitative estimate of drug-likeness (QED) is 0.717. The highest BCUT2D eigenvalue weighted by atomic mass is 35.5. The lowest BCUT2D eigenvalue weighted by Crippen LogP contribution is -2.34. The molecule has 0 aliphatic carbocycles. The molecule has 0 saturated heterocycles. The van der Waals surface area contributed by atoms with Gasteiger partial charge in [-0.1, -0.05) is 19.1 Å². The number of ether oxygens (including phenoxy) is 1. The van der Waals surface area contributed by atoms with E-state index in [1.807, 2.05) is 60.0 Å². The molecule has 2 unspecified atom stereocenters. The predicted octanol–water partition coefficient (Wildman–Crippen LogP) is 3.38. The molecule has 0 saturated carbocycles. The fourth-order valence-electron chi connectivity index (χ4n) is 2.57. The van der Waals surface area contributed by atoms with Crippen LogP contribution in [0.25, 0.3) is 16.7 Å². The molecule has 0 aliphatic heterocycles. The number of anilines is 1. The van der Waals surface area contributed by atoms with Crippen molar-refractivity contribution in [3.63, 3.8) is 0 Å². The lowest BCUT2D eigenvalue weighted by molar-refractivity contribution is -0.119. The largest absolute Gasteiger partial charge is 0.497 e.